The molecule has 0 saturated carbocycles. The molecule has 2 heterocycles. The maximum absolute atomic E-state index is 5.85. The topological polar surface area (TPSA) is 45.4 Å². The Morgan fingerprint density at radius 3 is 2.68 bits per heavy atom. The zero-order valence-electron chi connectivity index (χ0n) is 12.5. The van der Waals surface area contributed by atoms with Crippen LogP contribution >= 0.6 is 11.3 Å². The summed E-state index contributed by atoms with van der Waals surface area (Å²) >= 11 is 1.78. The third kappa shape index (κ3) is 3.09. The highest BCUT2D eigenvalue weighted by atomic mass is 32.1. The van der Waals surface area contributed by atoms with Gasteiger partial charge < -0.3 is 10.6 Å². The first-order chi connectivity index (χ1) is 9.06. The molecule has 1 aliphatic rings. The SMILES string of the molecule is CCC1CN(c2nc(C(C)C)c(CN)s2)CCN1C. The molecule has 108 valence electrons. The van der Waals surface area contributed by atoms with Gasteiger partial charge >= 0.3 is 0 Å². The minimum atomic E-state index is 0.456. The van der Waals surface area contributed by atoms with E-state index in [1.807, 2.05) is 0 Å². The predicted octanol–water partition coefficient (Wildman–Crippen LogP) is 2.26. The molecule has 0 aromatic carbocycles. The number of nitrogens with two attached hydrogens (primary N) is 1. The number of likely N-dealkylation sites (N-methyl/N-ethyl adjacent to an activating group) is 1. The van der Waals surface area contributed by atoms with Crippen LogP contribution in [0.15, 0.2) is 0 Å². The van der Waals surface area contributed by atoms with E-state index in [9.17, 15) is 0 Å². The number of nitrogens with zero attached hydrogens (tertiary/aromatic N) is 3. The van der Waals surface area contributed by atoms with Crippen LogP contribution in [0.5, 0.6) is 0 Å². The van der Waals surface area contributed by atoms with E-state index in [0.717, 1.165) is 24.8 Å². The first-order valence-electron chi connectivity index (χ1n) is 7.21. The molecule has 0 amide bonds. The molecule has 1 fully saturated rings. The van der Waals surface area contributed by atoms with E-state index < -0.39 is 0 Å². The van der Waals surface area contributed by atoms with Crippen molar-refractivity contribution in [3.63, 3.8) is 0 Å². The van der Waals surface area contributed by atoms with Gasteiger partial charge in [0.15, 0.2) is 5.13 Å². The smallest absolute Gasteiger partial charge is 0.185 e. The van der Waals surface area contributed by atoms with Gasteiger partial charge in [-0.1, -0.05) is 20.8 Å². The fraction of sp³-hybridized carbons (Fsp3) is 0.786. The normalized spacial score (nSPS) is 21.4. The van der Waals surface area contributed by atoms with E-state index in [0.29, 0.717) is 18.5 Å². The molecule has 4 nitrogen and oxygen atoms in total. The van der Waals surface area contributed by atoms with Crippen molar-refractivity contribution in [1.29, 1.82) is 0 Å². The summed E-state index contributed by atoms with van der Waals surface area (Å²) in [5.74, 6) is 0.456. The van der Waals surface area contributed by atoms with E-state index in [1.165, 1.54) is 17.0 Å². The maximum atomic E-state index is 5.85. The molecular formula is C14H26N4S. The first kappa shape index (κ1) is 14.8. The molecule has 1 atom stereocenters. The Kier molecular flexibility index (Phi) is 4.81. The van der Waals surface area contributed by atoms with Crippen molar-refractivity contribution in [1.82, 2.24) is 9.88 Å². The van der Waals surface area contributed by atoms with Crippen LogP contribution in [0.1, 0.15) is 43.7 Å². The van der Waals surface area contributed by atoms with Crippen LogP contribution in [0.2, 0.25) is 0 Å². The molecule has 1 unspecified atom stereocenters. The molecule has 1 saturated heterocycles. The molecule has 0 bridgehead atoms. The lowest BCUT2D eigenvalue weighted by atomic mass is 10.1. The van der Waals surface area contributed by atoms with Crippen molar-refractivity contribution < 1.29 is 0 Å². The van der Waals surface area contributed by atoms with E-state index >= 15 is 0 Å². The largest absolute Gasteiger partial charge is 0.345 e. The van der Waals surface area contributed by atoms with Crippen molar-refractivity contribution in [3.05, 3.63) is 10.6 Å². The fourth-order valence-corrected chi connectivity index (χ4v) is 3.77. The van der Waals surface area contributed by atoms with Crippen LogP contribution in [0, 0.1) is 0 Å². The van der Waals surface area contributed by atoms with Gasteiger partial charge in [0.25, 0.3) is 0 Å². The van der Waals surface area contributed by atoms with Crippen LogP contribution in [0.4, 0.5) is 5.13 Å². The van der Waals surface area contributed by atoms with Crippen molar-refractivity contribution >= 4 is 16.5 Å². The summed E-state index contributed by atoms with van der Waals surface area (Å²) in [5.41, 5.74) is 7.04. The molecule has 5 heteroatoms. The molecule has 0 radical (unpaired) electrons. The van der Waals surface area contributed by atoms with Crippen LogP contribution in [-0.2, 0) is 6.54 Å². The summed E-state index contributed by atoms with van der Waals surface area (Å²) in [6.45, 7) is 10.5. The van der Waals surface area contributed by atoms with E-state index in [1.54, 1.807) is 11.3 Å². The van der Waals surface area contributed by atoms with Gasteiger partial charge in [-0.2, -0.15) is 0 Å². The van der Waals surface area contributed by atoms with Gasteiger partial charge in [-0.3, -0.25) is 4.90 Å². The second kappa shape index (κ2) is 6.20. The molecule has 2 rings (SSSR count). The molecule has 1 aromatic heterocycles. The monoisotopic (exact) mass is 282 g/mol. The van der Waals surface area contributed by atoms with Crippen molar-refractivity contribution in [3.8, 4) is 0 Å². The Hall–Kier alpha value is -0.650. The van der Waals surface area contributed by atoms with Gasteiger partial charge in [-0.25, -0.2) is 4.98 Å². The Balaban J connectivity index is 2.18. The molecule has 2 N–H and O–H groups in total. The predicted molar refractivity (Wildman–Crippen MR) is 83.0 cm³/mol. The molecular weight excluding hydrogens is 256 g/mol. The van der Waals surface area contributed by atoms with E-state index in [4.69, 9.17) is 10.7 Å². The van der Waals surface area contributed by atoms with Crippen LogP contribution in [-0.4, -0.2) is 42.6 Å². The number of anilines is 1. The summed E-state index contributed by atoms with van der Waals surface area (Å²) in [4.78, 5) is 11.0. The number of thiazole rings is 1. The van der Waals surface area contributed by atoms with Gasteiger partial charge in [0.05, 0.1) is 5.69 Å². The van der Waals surface area contributed by atoms with E-state index in [2.05, 4.69) is 37.6 Å². The third-order valence-electron chi connectivity index (χ3n) is 3.97. The highest BCUT2D eigenvalue weighted by molar-refractivity contribution is 7.15. The third-order valence-corrected chi connectivity index (χ3v) is 5.12. The summed E-state index contributed by atoms with van der Waals surface area (Å²) in [5, 5.41) is 1.16. The lowest BCUT2D eigenvalue weighted by Crippen LogP contribution is -2.51. The minimum Gasteiger partial charge on any atom is -0.345 e. The first-order valence-corrected chi connectivity index (χ1v) is 8.03. The zero-order valence-corrected chi connectivity index (χ0v) is 13.3. The van der Waals surface area contributed by atoms with Gasteiger partial charge in [0, 0.05) is 37.1 Å². The fourth-order valence-electron chi connectivity index (χ4n) is 2.64. The van der Waals surface area contributed by atoms with Crippen LogP contribution in [0.3, 0.4) is 0 Å². The van der Waals surface area contributed by atoms with Gasteiger partial charge in [-0.15, -0.1) is 11.3 Å². The van der Waals surface area contributed by atoms with E-state index in [-0.39, 0.29) is 0 Å². The number of hydrogen-bond acceptors (Lipinski definition) is 5. The Bertz CT molecular complexity index is 416. The summed E-state index contributed by atoms with van der Waals surface area (Å²) in [7, 11) is 2.22. The minimum absolute atomic E-state index is 0.456. The van der Waals surface area contributed by atoms with Crippen molar-refractivity contribution in [2.75, 3.05) is 31.6 Å². The van der Waals surface area contributed by atoms with Gasteiger partial charge in [-0.05, 0) is 19.4 Å². The number of hydrogen-bond donors (Lipinski definition) is 1. The Labute approximate surface area is 120 Å². The number of rotatable bonds is 4. The number of piperazine rings is 1. The molecule has 0 spiro atoms. The van der Waals surface area contributed by atoms with Crippen molar-refractivity contribution in [2.24, 2.45) is 5.73 Å². The standard InChI is InChI=1S/C14H26N4S/c1-5-11-9-18(7-6-17(11)4)14-16-13(10(2)3)12(8-15)19-14/h10-11H,5-9,15H2,1-4H3. The number of aromatic nitrogens is 1. The van der Waals surface area contributed by atoms with Gasteiger partial charge in [0.1, 0.15) is 0 Å². The molecule has 19 heavy (non-hydrogen) atoms. The van der Waals surface area contributed by atoms with Crippen LogP contribution in [0.25, 0.3) is 0 Å². The van der Waals surface area contributed by atoms with Crippen LogP contribution < -0.4 is 10.6 Å². The highest BCUT2D eigenvalue weighted by Crippen LogP contribution is 2.31. The summed E-state index contributed by atoms with van der Waals surface area (Å²) in [6.07, 6.45) is 1.19. The lowest BCUT2D eigenvalue weighted by Gasteiger charge is -2.39. The molecule has 1 aromatic rings. The van der Waals surface area contributed by atoms with Gasteiger partial charge in [0.2, 0.25) is 0 Å². The Morgan fingerprint density at radius 1 is 1.42 bits per heavy atom. The zero-order chi connectivity index (χ0) is 14.0. The lowest BCUT2D eigenvalue weighted by molar-refractivity contribution is 0.213. The maximum Gasteiger partial charge on any atom is 0.185 e. The molecule has 0 aliphatic carbocycles. The average molecular weight is 282 g/mol. The second-order valence-electron chi connectivity index (χ2n) is 5.65. The summed E-state index contributed by atoms with van der Waals surface area (Å²) in [6, 6.07) is 0.640. The highest BCUT2D eigenvalue weighted by Gasteiger charge is 2.26. The Morgan fingerprint density at radius 2 is 2.16 bits per heavy atom. The molecule has 1 aliphatic heterocycles. The quantitative estimate of drug-likeness (QED) is 0.920. The summed E-state index contributed by atoms with van der Waals surface area (Å²) < 4.78 is 0. The average Bonchev–Trinajstić information content (AvgIpc) is 2.83. The van der Waals surface area contributed by atoms with Crippen molar-refractivity contribution in [2.45, 2.75) is 45.7 Å². The second-order valence-corrected chi connectivity index (χ2v) is 6.71.